The van der Waals surface area contributed by atoms with Gasteiger partial charge in [0.2, 0.25) is 0 Å². The Labute approximate surface area is 44.0 Å². The van der Waals surface area contributed by atoms with Gasteiger partial charge in [0, 0.05) is 0 Å². The predicted molar refractivity (Wildman–Crippen MR) is 28.9 cm³/mol. The molecule has 0 aromatic carbocycles. The summed E-state index contributed by atoms with van der Waals surface area (Å²) in [7, 11) is 0. The standard InChI is InChI=1S/C6H10O/c1-6-2-4-7-5-3-6/h2,4,6H,3,5H2,1H3/t6-/m0/s1. The number of allylic oxidation sites excluding steroid dienone is 1. The monoisotopic (exact) mass is 98.1 g/mol. The number of rotatable bonds is 0. The summed E-state index contributed by atoms with van der Waals surface area (Å²) < 4.78 is 4.96. The average molecular weight is 98.1 g/mol. The fourth-order valence-electron chi connectivity index (χ4n) is 0.608. The molecule has 7 heavy (non-hydrogen) atoms. The molecule has 0 unspecified atom stereocenters. The third kappa shape index (κ3) is 1.22. The summed E-state index contributed by atoms with van der Waals surface area (Å²) in [4.78, 5) is 0. The van der Waals surface area contributed by atoms with Crippen molar-refractivity contribution in [3.05, 3.63) is 12.3 Å². The quantitative estimate of drug-likeness (QED) is 0.446. The topological polar surface area (TPSA) is 9.23 Å². The lowest BCUT2D eigenvalue weighted by atomic mass is 10.1. The Kier molecular flexibility index (Phi) is 1.35. The zero-order chi connectivity index (χ0) is 5.11. The van der Waals surface area contributed by atoms with E-state index in [1.165, 1.54) is 6.42 Å². The normalized spacial score (nSPS) is 29.6. The zero-order valence-electron chi connectivity index (χ0n) is 4.55. The van der Waals surface area contributed by atoms with Crippen LogP contribution in [0.3, 0.4) is 0 Å². The van der Waals surface area contributed by atoms with Crippen LogP contribution in [0.1, 0.15) is 13.3 Å². The van der Waals surface area contributed by atoms with Crippen molar-refractivity contribution in [2.45, 2.75) is 13.3 Å². The molecule has 0 aromatic rings. The van der Waals surface area contributed by atoms with Gasteiger partial charge in [-0.3, -0.25) is 0 Å². The van der Waals surface area contributed by atoms with E-state index in [9.17, 15) is 0 Å². The molecule has 1 nitrogen and oxygen atoms in total. The molecule has 0 saturated heterocycles. The first-order valence-corrected chi connectivity index (χ1v) is 2.68. The van der Waals surface area contributed by atoms with Gasteiger partial charge in [-0.15, -0.1) is 0 Å². The molecule has 0 saturated carbocycles. The van der Waals surface area contributed by atoms with Crippen molar-refractivity contribution in [2.75, 3.05) is 6.61 Å². The van der Waals surface area contributed by atoms with Crippen LogP contribution in [0.5, 0.6) is 0 Å². The van der Waals surface area contributed by atoms with Crippen LogP contribution in [0.2, 0.25) is 0 Å². The van der Waals surface area contributed by atoms with Gasteiger partial charge in [0.1, 0.15) is 0 Å². The van der Waals surface area contributed by atoms with Crippen LogP contribution in [0.15, 0.2) is 12.3 Å². The number of ether oxygens (including phenoxy) is 1. The predicted octanol–water partition coefficient (Wildman–Crippen LogP) is 1.56. The maximum atomic E-state index is 4.96. The van der Waals surface area contributed by atoms with Gasteiger partial charge in [-0.1, -0.05) is 6.92 Å². The van der Waals surface area contributed by atoms with Crippen LogP contribution >= 0.6 is 0 Å². The van der Waals surface area contributed by atoms with E-state index in [1.54, 1.807) is 6.26 Å². The van der Waals surface area contributed by atoms with Crippen LogP contribution in [0, 0.1) is 5.92 Å². The third-order valence-electron chi connectivity index (χ3n) is 1.19. The molecule has 0 spiro atoms. The van der Waals surface area contributed by atoms with Crippen LogP contribution in [-0.2, 0) is 4.74 Å². The van der Waals surface area contributed by atoms with Crippen molar-refractivity contribution in [3.63, 3.8) is 0 Å². The van der Waals surface area contributed by atoms with Crippen LogP contribution in [0.25, 0.3) is 0 Å². The summed E-state index contributed by atoms with van der Waals surface area (Å²) in [5.41, 5.74) is 0. The molecule has 1 atom stereocenters. The first-order chi connectivity index (χ1) is 3.39. The minimum atomic E-state index is 0.730. The second kappa shape index (κ2) is 2.01. The molecule has 1 aliphatic heterocycles. The molecule has 1 heterocycles. The molecule has 0 aromatic heterocycles. The number of hydrogen-bond acceptors (Lipinski definition) is 1. The molecule has 0 aliphatic carbocycles. The van der Waals surface area contributed by atoms with Crippen molar-refractivity contribution >= 4 is 0 Å². The lowest BCUT2D eigenvalue weighted by molar-refractivity contribution is 0.212. The summed E-state index contributed by atoms with van der Waals surface area (Å²) in [6, 6.07) is 0. The second-order valence-corrected chi connectivity index (χ2v) is 1.97. The molecule has 1 rings (SSSR count). The van der Waals surface area contributed by atoms with E-state index in [2.05, 4.69) is 13.0 Å². The Morgan fingerprint density at radius 1 is 1.71 bits per heavy atom. The largest absolute Gasteiger partial charge is 0.502 e. The van der Waals surface area contributed by atoms with Gasteiger partial charge in [0.05, 0.1) is 12.9 Å². The van der Waals surface area contributed by atoms with Gasteiger partial charge in [0.15, 0.2) is 0 Å². The summed E-state index contributed by atoms with van der Waals surface area (Å²) in [6.07, 6.45) is 5.05. The van der Waals surface area contributed by atoms with Crippen molar-refractivity contribution in [3.8, 4) is 0 Å². The second-order valence-electron chi connectivity index (χ2n) is 1.97. The SMILES string of the molecule is C[C@H]1C=COCC1. The molecule has 0 radical (unpaired) electrons. The molecule has 0 fully saturated rings. The van der Waals surface area contributed by atoms with Crippen LogP contribution < -0.4 is 0 Å². The van der Waals surface area contributed by atoms with Gasteiger partial charge in [-0.2, -0.15) is 0 Å². The molecule has 0 bridgehead atoms. The third-order valence-corrected chi connectivity index (χ3v) is 1.19. The minimum Gasteiger partial charge on any atom is -0.502 e. The first-order valence-electron chi connectivity index (χ1n) is 2.68. The molecule has 0 N–H and O–H groups in total. The van der Waals surface area contributed by atoms with E-state index < -0.39 is 0 Å². The fraction of sp³-hybridized carbons (Fsp3) is 0.667. The van der Waals surface area contributed by atoms with E-state index in [-0.39, 0.29) is 0 Å². The maximum absolute atomic E-state index is 4.96. The van der Waals surface area contributed by atoms with Crippen LogP contribution in [-0.4, -0.2) is 6.61 Å². The van der Waals surface area contributed by atoms with Crippen molar-refractivity contribution in [1.29, 1.82) is 0 Å². The van der Waals surface area contributed by atoms with Gasteiger partial charge < -0.3 is 4.74 Å². The molecule has 1 heteroatoms. The van der Waals surface area contributed by atoms with E-state index >= 15 is 0 Å². The Balaban J connectivity index is 2.36. The molecule has 40 valence electrons. The highest BCUT2D eigenvalue weighted by molar-refractivity contribution is 4.83. The average Bonchev–Trinajstić information content (AvgIpc) is 1.69. The fourth-order valence-corrected chi connectivity index (χ4v) is 0.608. The summed E-state index contributed by atoms with van der Waals surface area (Å²) in [6.45, 7) is 3.09. The van der Waals surface area contributed by atoms with E-state index in [1.807, 2.05) is 0 Å². The summed E-state index contributed by atoms with van der Waals surface area (Å²) in [5, 5.41) is 0. The Bertz CT molecular complexity index is 76.2. The zero-order valence-corrected chi connectivity index (χ0v) is 4.55. The Morgan fingerprint density at radius 2 is 2.57 bits per heavy atom. The van der Waals surface area contributed by atoms with Gasteiger partial charge in [-0.05, 0) is 18.4 Å². The van der Waals surface area contributed by atoms with Gasteiger partial charge in [-0.25, -0.2) is 0 Å². The highest BCUT2D eigenvalue weighted by Crippen LogP contribution is 2.08. The first kappa shape index (κ1) is 4.69. The summed E-state index contributed by atoms with van der Waals surface area (Å²) in [5.74, 6) is 0.730. The molecular formula is C6H10O. The lowest BCUT2D eigenvalue weighted by Gasteiger charge is -2.10. The highest BCUT2D eigenvalue weighted by atomic mass is 16.5. The van der Waals surface area contributed by atoms with E-state index in [0.717, 1.165) is 12.5 Å². The molecule has 1 aliphatic rings. The lowest BCUT2D eigenvalue weighted by Crippen LogP contribution is -2.01. The number of hydrogen-bond donors (Lipinski definition) is 0. The maximum Gasteiger partial charge on any atom is 0.0878 e. The molecule has 0 amide bonds. The van der Waals surface area contributed by atoms with Crippen molar-refractivity contribution in [2.24, 2.45) is 5.92 Å². The van der Waals surface area contributed by atoms with E-state index in [0.29, 0.717) is 0 Å². The Morgan fingerprint density at radius 3 is 2.86 bits per heavy atom. The van der Waals surface area contributed by atoms with Gasteiger partial charge in [0.25, 0.3) is 0 Å². The van der Waals surface area contributed by atoms with Gasteiger partial charge >= 0.3 is 0 Å². The Hall–Kier alpha value is -0.460. The van der Waals surface area contributed by atoms with Crippen molar-refractivity contribution < 1.29 is 4.74 Å². The summed E-state index contributed by atoms with van der Waals surface area (Å²) >= 11 is 0. The minimum absolute atomic E-state index is 0.730. The van der Waals surface area contributed by atoms with Crippen LogP contribution in [0.4, 0.5) is 0 Å². The van der Waals surface area contributed by atoms with Crippen molar-refractivity contribution in [1.82, 2.24) is 0 Å². The smallest absolute Gasteiger partial charge is 0.0878 e. The molecular weight excluding hydrogens is 88.1 g/mol. The highest BCUT2D eigenvalue weighted by Gasteiger charge is 1.99. The van der Waals surface area contributed by atoms with E-state index in [4.69, 9.17) is 4.74 Å².